The van der Waals surface area contributed by atoms with Crippen molar-refractivity contribution in [2.75, 3.05) is 31.6 Å². The molecule has 0 unspecified atom stereocenters. The molecule has 2 aromatic carbocycles. The van der Waals surface area contributed by atoms with Gasteiger partial charge in [0.1, 0.15) is 12.4 Å². The first kappa shape index (κ1) is 27.1. The van der Waals surface area contributed by atoms with Gasteiger partial charge in [-0.1, -0.05) is 35.9 Å². The van der Waals surface area contributed by atoms with Crippen LogP contribution in [0.25, 0.3) is 0 Å². The molecule has 0 radical (unpaired) electrons. The minimum Gasteiger partial charge on any atom is -0.487 e. The maximum absolute atomic E-state index is 12.6. The molecule has 2 bridgehead atoms. The Balaban J connectivity index is 1.69. The first-order chi connectivity index (χ1) is 17.9. The molecule has 1 atom stereocenters. The predicted molar refractivity (Wildman–Crippen MR) is 148 cm³/mol. The van der Waals surface area contributed by atoms with Crippen LogP contribution in [-0.4, -0.2) is 48.6 Å². The second-order valence-electron chi connectivity index (χ2n) is 10.0. The Labute approximate surface area is 224 Å². The number of hydrogen-bond donors (Lipinski definition) is 1. The van der Waals surface area contributed by atoms with Crippen LogP contribution in [0.2, 0.25) is 5.02 Å². The summed E-state index contributed by atoms with van der Waals surface area (Å²) in [6, 6.07) is 11.7. The number of rotatable bonds is 1. The van der Waals surface area contributed by atoms with Gasteiger partial charge in [-0.15, -0.1) is 0 Å². The lowest BCUT2D eigenvalue weighted by Crippen LogP contribution is -2.28. The van der Waals surface area contributed by atoms with Crippen LogP contribution in [0, 0.1) is 0 Å². The average Bonchev–Trinajstić information content (AvgIpc) is 2.90. The van der Waals surface area contributed by atoms with Crippen LogP contribution in [0.1, 0.15) is 67.6 Å². The lowest BCUT2D eigenvalue weighted by Gasteiger charge is -2.28. The molecule has 37 heavy (non-hydrogen) atoms. The summed E-state index contributed by atoms with van der Waals surface area (Å²) in [5.41, 5.74) is 3.99. The van der Waals surface area contributed by atoms with E-state index in [1.54, 1.807) is 11.9 Å². The van der Waals surface area contributed by atoms with E-state index in [0.29, 0.717) is 18.7 Å². The molecule has 1 N–H and O–H groups in total. The van der Waals surface area contributed by atoms with Crippen LogP contribution in [0.15, 0.2) is 48.6 Å². The van der Waals surface area contributed by atoms with Gasteiger partial charge in [-0.05, 0) is 85.9 Å². The predicted octanol–water partition coefficient (Wildman–Crippen LogP) is 6.21. The zero-order valence-corrected chi connectivity index (χ0v) is 22.4. The molecule has 198 valence electrons. The van der Waals surface area contributed by atoms with Gasteiger partial charge in [-0.2, -0.15) is 0 Å². The number of nitrogens with zero attached hydrogens (tertiary/aromatic N) is 2. The van der Waals surface area contributed by atoms with Gasteiger partial charge < -0.3 is 19.6 Å². The molecule has 0 spiro atoms. The van der Waals surface area contributed by atoms with Gasteiger partial charge in [0, 0.05) is 38.1 Å². The fourth-order valence-corrected chi connectivity index (χ4v) is 5.32. The normalized spacial score (nSPS) is 20.8. The molecule has 0 saturated heterocycles. The van der Waals surface area contributed by atoms with Gasteiger partial charge in [-0.25, -0.2) is 0 Å². The highest BCUT2D eigenvalue weighted by molar-refractivity contribution is 6.30. The fourth-order valence-electron chi connectivity index (χ4n) is 5.12. The number of aliphatic carboxylic acids is 1. The molecule has 6 nitrogen and oxygen atoms in total. The minimum absolute atomic E-state index is 0.0399. The number of hydrogen-bond acceptors (Lipinski definition) is 4. The number of carboxylic acid groups (broad SMARTS) is 1. The molecular weight excluding hydrogens is 488 g/mol. The summed E-state index contributed by atoms with van der Waals surface area (Å²) in [5, 5.41) is 10.8. The lowest BCUT2D eigenvalue weighted by molar-refractivity contribution is -0.139. The first-order valence-electron chi connectivity index (χ1n) is 13.3. The SMILES string of the molecule is CN1C/C=C/CCCCN2CCCCc3cc(Cl)ccc3COc3ccc(cc32)[C@H](C(=O)O)CCC1=O. The monoisotopic (exact) mass is 524 g/mol. The molecule has 2 aliphatic rings. The van der Waals surface area contributed by atoms with Gasteiger partial charge in [0.2, 0.25) is 5.91 Å². The summed E-state index contributed by atoms with van der Waals surface area (Å²) in [7, 11) is 1.77. The smallest absolute Gasteiger partial charge is 0.310 e. The molecule has 0 fully saturated rings. The molecule has 0 aliphatic carbocycles. The summed E-state index contributed by atoms with van der Waals surface area (Å²) in [5.74, 6) is -0.949. The highest BCUT2D eigenvalue weighted by atomic mass is 35.5. The van der Waals surface area contributed by atoms with Crippen LogP contribution in [0.3, 0.4) is 0 Å². The Hall–Kier alpha value is -2.99. The van der Waals surface area contributed by atoms with Gasteiger partial charge in [0.05, 0.1) is 11.6 Å². The standard InChI is InChI=1S/C30H37ClN2O4/c1-32-16-6-3-2-4-7-17-33-18-8-5-9-22-19-25(31)12-10-24(22)21-37-28-14-11-23(20-27(28)33)26(30(35)36)13-15-29(32)34/h3,6,10-12,14,19-20,26H,2,4-5,7-9,13,15-18,21H2,1H3,(H,35,36)/b6-3+/t26-/m1/s1. The number of allylic oxidation sites excluding steroid dienone is 1. The molecule has 2 aliphatic heterocycles. The van der Waals surface area contributed by atoms with E-state index in [2.05, 4.69) is 11.0 Å². The molecule has 2 aromatic rings. The Morgan fingerprint density at radius 3 is 2.62 bits per heavy atom. The highest BCUT2D eigenvalue weighted by Gasteiger charge is 2.25. The molecule has 4 rings (SSSR count). The Morgan fingerprint density at radius 2 is 1.81 bits per heavy atom. The van der Waals surface area contributed by atoms with Gasteiger partial charge in [0.25, 0.3) is 0 Å². The van der Waals surface area contributed by atoms with Crippen molar-refractivity contribution in [1.29, 1.82) is 0 Å². The van der Waals surface area contributed by atoms with Crippen molar-refractivity contribution in [3.8, 4) is 5.75 Å². The van der Waals surface area contributed by atoms with E-state index < -0.39 is 11.9 Å². The number of carbonyl (C=O) groups excluding carboxylic acids is 1. The number of halogens is 1. The minimum atomic E-state index is -0.911. The third kappa shape index (κ3) is 7.29. The molecule has 7 heteroatoms. The molecule has 0 saturated carbocycles. The number of benzene rings is 2. The van der Waals surface area contributed by atoms with Crippen molar-refractivity contribution < 1.29 is 19.4 Å². The van der Waals surface area contributed by atoms with Crippen molar-refractivity contribution >= 4 is 29.2 Å². The van der Waals surface area contributed by atoms with Gasteiger partial charge in [-0.3, -0.25) is 9.59 Å². The zero-order valence-electron chi connectivity index (χ0n) is 21.6. The zero-order chi connectivity index (χ0) is 26.2. The number of carboxylic acids is 1. The van der Waals surface area contributed by atoms with Crippen LogP contribution < -0.4 is 9.64 Å². The average molecular weight is 525 g/mol. The van der Waals surface area contributed by atoms with Crippen molar-refractivity contribution in [2.24, 2.45) is 0 Å². The Bertz CT molecular complexity index is 1130. The lowest BCUT2D eigenvalue weighted by atomic mass is 9.93. The Morgan fingerprint density at radius 1 is 1.00 bits per heavy atom. The maximum atomic E-state index is 12.6. The summed E-state index contributed by atoms with van der Waals surface area (Å²) in [6.07, 6.45) is 10.6. The third-order valence-electron chi connectivity index (χ3n) is 7.37. The summed E-state index contributed by atoms with van der Waals surface area (Å²) in [4.78, 5) is 28.9. The van der Waals surface area contributed by atoms with Gasteiger partial charge in [0.15, 0.2) is 0 Å². The van der Waals surface area contributed by atoms with Crippen LogP contribution in [-0.2, 0) is 22.6 Å². The number of likely N-dealkylation sites (N-methyl/N-ethyl adjacent to an activating group) is 1. The highest BCUT2D eigenvalue weighted by Crippen LogP contribution is 2.36. The number of aryl methyl sites for hydroxylation is 1. The van der Waals surface area contributed by atoms with E-state index in [-0.39, 0.29) is 18.7 Å². The second kappa shape index (κ2) is 13.0. The number of ether oxygens (including phenoxy) is 1. The quantitative estimate of drug-likeness (QED) is 0.449. The third-order valence-corrected chi connectivity index (χ3v) is 7.60. The van der Waals surface area contributed by atoms with E-state index in [9.17, 15) is 14.7 Å². The van der Waals surface area contributed by atoms with Crippen molar-refractivity contribution in [2.45, 2.75) is 63.9 Å². The molecule has 0 aromatic heterocycles. The van der Waals surface area contributed by atoms with Crippen molar-refractivity contribution in [3.63, 3.8) is 0 Å². The topological polar surface area (TPSA) is 70.1 Å². The summed E-state index contributed by atoms with van der Waals surface area (Å²) in [6.45, 7) is 2.72. The Kier molecular flexibility index (Phi) is 9.51. The first-order valence-corrected chi connectivity index (χ1v) is 13.7. The van der Waals surface area contributed by atoms with Crippen LogP contribution in [0.4, 0.5) is 5.69 Å². The van der Waals surface area contributed by atoms with E-state index in [0.717, 1.165) is 73.6 Å². The number of fused-ring (bicyclic) bond motifs is 2. The maximum Gasteiger partial charge on any atom is 0.310 e. The van der Waals surface area contributed by atoms with E-state index >= 15 is 0 Å². The van der Waals surface area contributed by atoms with Crippen molar-refractivity contribution in [1.82, 2.24) is 4.90 Å². The second-order valence-corrected chi connectivity index (χ2v) is 10.5. The molecule has 2 heterocycles. The van der Waals surface area contributed by atoms with Crippen molar-refractivity contribution in [3.05, 3.63) is 70.3 Å². The van der Waals surface area contributed by atoms with Crippen LogP contribution >= 0.6 is 11.6 Å². The van der Waals surface area contributed by atoms with E-state index in [4.69, 9.17) is 16.3 Å². The summed E-state index contributed by atoms with van der Waals surface area (Å²) >= 11 is 6.28. The number of amides is 1. The van der Waals surface area contributed by atoms with E-state index in [1.807, 2.05) is 42.5 Å². The largest absolute Gasteiger partial charge is 0.487 e. The molecule has 1 amide bonds. The molecular formula is C30H37ClN2O4. The van der Waals surface area contributed by atoms with E-state index in [1.165, 1.54) is 5.56 Å². The van der Waals surface area contributed by atoms with Crippen LogP contribution in [0.5, 0.6) is 5.75 Å². The number of carbonyl (C=O) groups is 2. The van der Waals surface area contributed by atoms with Gasteiger partial charge >= 0.3 is 5.97 Å². The fraction of sp³-hybridized carbons (Fsp3) is 0.467. The summed E-state index contributed by atoms with van der Waals surface area (Å²) < 4.78 is 6.37. The number of anilines is 1.